The number of anilines is 1. The second kappa shape index (κ2) is 7.76. The minimum absolute atomic E-state index is 0.000924. The Labute approximate surface area is 179 Å². The number of carbonyl (C=O) groups excluding carboxylic acids is 2. The number of aliphatic hydroxyl groups excluding tert-OH is 1. The SMILES string of the molecule is Cc1ccc(N2C(=O)C(=O)/C(=C(/O)c3ccc(Cl)cc3)C2c2ccccn2)c(C)c1. The van der Waals surface area contributed by atoms with Gasteiger partial charge < -0.3 is 5.11 Å². The van der Waals surface area contributed by atoms with E-state index in [2.05, 4.69) is 4.98 Å². The molecule has 1 N–H and O–H groups in total. The third-order valence-electron chi connectivity index (χ3n) is 5.14. The highest BCUT2D eigenvalue weighted by Crippen LogP contribution is 2.42. The molecule has 2 heterocycles. The van der Waals surface area contributed by atoms with Crippen LogP contribution in [-0.2, 0) is 9.59 Å². The van der Waals surface area contributed by atoms with Gasteiger partial charge in [0.1, 0.15) is 11.8 Å². The maximum atomic E-state index is 13.1. The topological polar surface area (TPSA) is 70.5 Å². The van der Waals surface area contributed by atoms with Gasteiger partial charge in [-0.25, -0.2) is 0 Å². The Hall–Kier alpha value is -3.44. The van der Waals surface area contributed by atoms with E-state index in [0.29, 0.717) is 22.0 Å². The Kier molecular flexibility index (Phi) is 5.14. The van der Waals surface area contributed by atoms with Crippen LogP contribution >= 0.6 is 11.6 Å². The van der Waals surface area contributed by atoms with Crippen molar-refractivity contribution in [2.24, 2.45) is 0 Å². The first-order valence-corrected chi connectivity index (χ1v) is 9.81. The molecule has 3 aromatic rings. The molecule has 0 radical (unpaired) electrons. The van der Waals surface area contributed by atoms with Crippen LogP contribution in [0.25, 0.3) is 5.76 Å². The fourth-order valence-corrected chi connectivity index (χ4v) is 3.86. The molecule has 1 saturated heterocycles. The zero-order valence-corrected chi connectivity index (χ0v) is 17.2. The molecule has 1 amide bonds. The standard InChI is InChI=1S/C24H19ClN2O3/c1-14-6-11-19(15(2)13-14)27-21(18-5-3-4-12-26-18)20(23(29)24(27)30)22(28)16-7-9-17(25)10-8-16/h3-13,21,28H,1-2H3/b22-20+. The molecule has 1 atom stereocenters. The van der Waals surface area contributed by atoms with E-state index in [1.54, 1.807) is 48.7 Å². The van der Waals surface area contributed by atoms with Crippen LogP contribution in [0.4, 0.5) is 5.69 Å². The maximum Gasteiger partial charge on any atom is 0.300 e. The molecule has 0 bridgehead atoms. The highest BCUT2D eigenvalue weighted by atomic mass is 35.5. The summed E-state index contributed by atoms with van der Waals surface area (Å²) >= 11 is 5.95. The molecule has 1 aromatic heterocycles. The third kappa shape index (κ3) is 3.37. The number of nitrogens with zero attached hydrogens (tertiary/aromatic N) is 2. The molecule has 1 fully saturated rings. The van der Waals surface area contributed by atoms with Gasteiger partial charge in [0.15, 0.2) is 0 Å². The number of aryl methyl sites for hydroxylation is 2. The van der Waals surface area contributed by atoms with Gasteiger partial charge in [0, 0.05) is 22.5 Å². The molecule has 1 aliphatic heterocycles. The lowest BCUT2D eigenvalue weighted by Crippen LogP contribution is -2.30. The van der Waals surface area contributed by atoms with Crippen LogP contribution in [0.1, 0.15) is 28.4 Å². The van der Waals surface area contributed by atoms with Crippen molar-refractivity contribution in [1.29, 1.82) is 0 Å². The number of rotatable bonds is 3. The lowest BCUT2D eigenvalue weighted by molar-refractivity contribution is -0.132. The number of pyridine rings is 1. The molecular weight excluding hydrogens is 400 g/mol. The van der Waals surface area contributed by atoms with E-state index in [4.69, 9.17) is 11.6 Å². The van der Waals surface area contributed by atoms with E-state index in [1.807, 2.05) is 32.0 Å². The number of hydrogen-bond acceptors (Lipinski definition) is 4. The van der Waals surface area contributed by atoms with Gasteiger partial charge in [0.05, 0.1) is 11.3 Å². The molecule has 6 heteroatoms. The number of hydrogen-bond donors (Lipinski definition) is 1. The van der Waals surface area contributed by atoms with Crippen molar-refractivity contribution in [2.75, 3.05) is 4.90 Å². The Bertz CT molecular complexity index is 1170. The Morgan fingerprint density at radius 3 is 2.40 bits per heavy atom. The Morgan fingerprint density at radius 1 is 1.03 bits per heavy atom. The summed E-state index contributed by atoms with van der Waals surface area (Å²) in [5, 5.41) is 11.5. The lowest BCUT2D eigenvalue weighted by atomic mass is 9.98. The number of benzene rings is 2. The highest BCUT2D eigenvalue weighted by Gasteiger charge is 2.47. The molecule has 4 rings (SSSR count). The number of Topliss-reactive ketones (excluding diaryl/α,β-unsaturated/α-hetero) is 1. The number of aromatic nitrogens is 1. The Morgan fingerprint density at radius 2 is 1.77 bits per heavy atom. The molecule has 30 heavy (non-hydrogen) atoms. The average molecular weight is 419 g/mol. The summed E-state index contributed by atoms with van der Waals surface area (Å²) in [4.78, 5) is 32.0. The van der Waals surface area contributed by atoms with Gasteiger partial charge in [-0.3, -0.25) is 19.5 Å². The number of aliphatic hydroxyl groups is 1. The summed E-state index contributed by atoms with van der Waals surface area (Å²) in [5.74, 6) is -1.71. The van der Waals surface area contributed by atoms with E-state index in [0.717, 1.165) is 11.1 Å². The summed E-state index contributed by atoms with van der Waals surface area (Å²) in [6.07, 6.45) is 1.60. The largest absolute Gasteiger partial charge is 0.507 e. The van der Waals surface area contributed by atoms with E-state index in [9.17, 15) is 14.7 Å². The minimum Gasteiger partial charge on any atom is -0.507 e. The number of ketones is 1. The molecule has 0 spiro atoms. The van der Waals surface area contributed by atoms with Crippen molar-refractivity contribution in [3.8, 4) is 0 Å². The first kappa shape index (κ1) is 19.9. The number of carbonyl (C=O) groups is 2. The average Bonchev–Trinajstić information content (AvgIpc) is 3.00. The molecule has 150 valence electrons. The van der Waals surface area contributed by atoms with E-state index >= 15 is 0 Å². The van der Waals surface area contributed by atoms with Crippen LogP contribution in [0.15, 0.2) is 72.4 Å². The second-order valence-corrected chi connectivity index (χ2v) is 7.66. The quantitative estimate of drug-likeness (QED) is 0.370. The maximum absolute atomic E-state index is 13.1. The lowest BCUT2D eigenvalue weighted by Gasteiger charge is -2.26. The van der Waals surface area contributed by atoms with Crippen LogP contribution in [-0.4, -0.2) is 21.8 Å². The van der Waals surface area contributed by atoms with Gasteiger partial charge in [0.2, 0.25) is 0 Å². The van der Waals surface area contributed by atoms with Crippen LogP contribution in [0.5, 0.6) is 0 Å². The van der Waals surface area contributed by atoms with Crippen LogP contribution in [0.3, 0.4) is 0 Å². The zero-order chi connectivity index (χ0) is 21.4. The van der Waals surface area contributed by atoms with Gasteiger partial charge in [-0.15, -0.1) is 0 Å². The summed E-state index contributed by atoms with van der Waals surface area (Å²) in [6.45, 7) is 3.85. The van der Waals surface area contributed by atoms with Crippen molar-refractivity contribution in [2.45, 2.75) is 19.9 Å². The summed E-state index contributed by atoms with van der Waals surface area (Å²) in [6, 6.07) is 16.5. The van der Waals surface area contributed by atoms with E-state index in [-0.39, 0.29) is 11.3 Å². The fraction of sp³-hybridized carbons (Fsp3) is 0.125. The zero-order valence-electron chi connectivity index (χ0n) is 16.5. The van der Waals surface area contributed by atoms with Crippen LogP contribution in [0, 0.1) is 13.8 Å². The Balaban J connectivity index is 1.96. The molecular formula is C24H19ClN2O3. The van der Waals surface area contributed by atoms with Crippen LogP contribution in [0.2, 0.25) is 5.02 Å². The van der Waals surface area contributed by atoms with Gasteiger partial charge >= 0.3 is 0 Å². The minimum atomic E-state index is -0.844. The number of amides is 1. The predicted molar refractivity (Wildman–Crippen MR) is 116 cm³/mol. The van der Waals surface area contributed by atoms with Crippen LogP contribution < -0.4 is 4.90 Å². The van der Waals surface area contributed by atoms with Gasteiger partial charge in [0.25, 0.3) is 11.7 Å². The third-order valence-corrected chi connectivity index (χ3v) is 5.39. The first-order chi connectivity index (χ1) is 14.4. The molecule has 2 aromatic carbocycles. The molecule has 1 aliphatic rings. The van der Waals surface area contributed by atoms with E-state index < -0.39 is 17.7 Å². The summed E-state index contributed by atoms with van der Waals surface area (Å²) in [5.41, 5.74) is 3.40. The van der Waals surface area contributed by atoms with Crippen molar-refractivity contribution in [3.05, 3.63) is 99.8 Å². The van der Waals surface area contributed by atoms with Gasteiger partial charge in [-0.1, -0.05) is 35.4 Å². The van der Waals surface area contributed by atoms with Crippen molar-refractivity contribution in [1.82, 2.24) is 4.98 Å². The molecule has 1 unspecified atom stereocenters. The fourth-order valence-electron chi connectivity index (χ4n) is 3.74. The first-order valence-electron chi connectivity index (χ1n) is 9.43. The normalized spacial score (nSPS) is 18.1. The molecule has 5 nitrogen and oxygen atoms in total. The molecule has 0 aliphatic carbocycles. The van der Waals surface area contributed by atoms with Gasteiger partial charge in [-0.05, 0) is 61.9 Å². The number of halogens is 1. The highest BCUT2D eigenvalue weighted by molar-refractivity contribution is 6.51. The second-order valence-electron chi connectivity index (χ2n) is 7.22. The smallest absolute Gasteiger partial charge is 0.300 e. The summed E-state index contributed by atoms with van der Waals surface area (Å²) in [7, 11) is 0. The van der Waals surface area contributed by atoms with Crippen molar-refractivity contribution in [3.63, 3.8) is 0 Å². The van der Waals surface area contributed by atoms with Crippen molar-refractivity contribution < 1.29 is 14.7 Å². The van der Waals surface area contributed by atoms with Crippen molar-refractivity contribution >= 4 is 34.7 Å². The monoisotopic (exact) mass is 418 g/mol. The van der Waals surface area contributed by atoms with Gasteiger partial charge in [-0.2, -0.15) is 0 Å². The van der Waals surface area contributed by atoms with E-state index in [1.165, 1.54) is 4.90 Å². The predicted octanol–water partition coefficient (Wildman–Crippen LogP) is 4.98. The molecule has 0 saturated carbocycles. The summed E-state index contributed by atoms with van der Waals surface area (Å²) < 4.78 is 0.